The van der Waals surface area contributed by atoms with Crippen molar-refractivity contribution in [1.29, 1.82) is 0 Å². The number of hydrogen-bond donors (Lipinski definition) is 1. The summed E-state index contributed by atoms with van der Waals surface area (Å²) in [4.78, 5) is 28.4. The van der Waals surface area contributed by atoms with Gasteiger partial charge < -0.3 is 15.0 Å². The first-order chi connectivity index (χ1) is 18.9. The van der Waals surface area contributed by atoms with Gasteiger partial charge in [-0.2, -0.15) is 0 Å². The zero-order valence-corrected chi connectivity index (χ0v) is 25.0. The van der Waals surface area contributed by atoms with E-state index >= 15 is 0 Å². The molecule has 40 heavy (non-hydrogen) atoms. The molecule has 1 atom stereocenters. The van der Waals surface area contributed by atoms with Crippen LogP contribution < -0.4 is 14.4 Å². The highest BCUT2D eigenvalue weighted by Gasteiger charge is 2.32. The molecule has 3 rings (SSSR count). The second-order valence-electron chi connectivity index (χ2n) is 9.99. The summed E-state index contributed by atoms with van der Waals surface area (Å²) in [5, 5.41) is 3.27. The number of ether oxygens (including phenoxy) is 1. The molecule has 2 amide bonds. The van der Waals surface area contributed by atoms with E-state index in [4.69, 9.17) is 16.3 Å². The fourth-order valence-electron chi connectivity index (χ4n) is 4.01. The minimum atomic E-state index is -4.16. The van der Waals surface area contributed by atoms with E-state index in [2.05, 4.69) is 5.32 Å². The number of rotatable bonds is 12. The third-order valence-electron chi connectivity index (χ3n) is 6.33. The lowest BCUT2D eigenvalue weighted by molar-refractivity contribution is -0.139. The van der Waals surface area contributed by atoms with Crippen LogP contribution in [0.15, 0.2) is 77.7 Å². The van der Waals surface area contributed by atoms with E-state index in [1.165, 1.54) is 29.2 Å². The molecule has 3 aromatic rings. The molecule has 3 aromatic carbocycles. The van der Waals surface area contributed by atoms with Gasteiger partial charge in [-0.1, -0.05) is 49.7 Å². The fraction of sp³-hybridized carbons (Fsp3) is 0.333. The maximum absolute atomic E-state index is 13.9. The Morgan fingerprint density at radius 3 is 2.20 bits per heavy atom. The van der Waals surface area contributed by atoms with E-state index in [1.807, 2.05) is 26.8 Å². The molecule has 0 saturated heterocycles. The number of carbonyl (C=O) groups is 2. The van der Waals surface area contributed by atoms with Crippen molar-refractivity contribution in [3.63, 3.8) is 0 Å². The summed E-state index contributed by atoms with van der Waals surface area (Å²) in [7, 11) is -2.59. The molecule has 0 radical (unpaired) electrons. The average molecular weight is 586 g/mol. The van der Waals surface area contributed by atoms with E-state index < -0.39 is 28.5 Å². The van der Waals surface area contributed by atoms with Gasteiger partial charge in [0.1, 0.15) is 18.3 Å². The summed E-state index contributed by atoms with van der Waals surface area (Å²) in [5.74, 6) is 0.0348. The van der Waals surface area contributed by atoms with Gasteiger partial charge in [-0.15, -0.1) is 0 Å². The fourth-order valence-corrected chi connectivity index (χ4v) is 5.54. The second-order valence-corrected chi connectivity index (χ2v) is 12.3. The lowest BCUT2D eigenvalue weighted by Crippen LogP contribution is -2.51. The van der Waals surface area contributed by atoms with Crippen LogP contribution in [-0.4, -0.2) is 51.4 Å². The Kier molecular flexibility index (Phi) is 10.6. The van der Waals surface area contributed by atoms with Crippen molar-refractivity contribution in [1.82, 2.24) is 10.2 Å². The Morgan fingerprint density at radius 1 is 0.975 bits per heavy atom. The van der Waals surface area contributed by atoms with Crippen LogP contribution in [0.4, 0.5) is 5.69 Å². The normalized spacial score (nSPS) is 12.1. The molecule has 0 heterocycles. The highest BCUT2D eigenvalue weighted by atomic mass is 35.5. The quantitative estimate of drug-likeness (QED) is 0.321. The molecule has 0 aliphatic heterocycles. The molecule has 0 fully saturated rings. The van der Waals surface area contributed by atoms with Crippen LogP contribution in [0, 0.1) is 12.8 Å². The van der Waals surface area contributed by atoms with Crippen molar-refractivity contribution in [2.75, 3.05) is 24.5 Å². The van der Waals surface area contributed by atoms with E-state index in [0.29, 0.717) is 23.0 Å². The van der Waals surface area contributed by atoms with Crippen LogP contribution in [0.1, 0.15) is 31.9 Å². The van der Waals surface area contributed by atoms with Gasteiger partial charge in [0.05, 0.1) is 17.7 Å². The maximum Gasteiger partial charge on any atom is 0.264 e. The van der Waals surface area contributed by atoms with Crippen LogP contribution in [0.25, 0.3) is 0 Å². The van der Waals surface area contributed by atoms with Crippen molar-refractivity contribution in [2.45, 2.75) is 45.2 Å². The smallest absolute Gasteiger partial charge is 0.264 e. The lowest BCUT2D eigenvalue weighted by atomic mass is 10.1. The Labute approximate surface area is 241 Å². The van der Waals surface area contributed by atoms with Gasteiger partial charge in [-0.3, -0.25) is 13.9 Å². The first kappa shape index (κ1) is 31.0. The zero-order chi connectivity index (χ0) is 29.4. The first-order valence-corrected chi connectivity index (χ1v) is 14.8. The van der Waals surface area contributed by atoms with Crippen molar-refractivity contribution in [3.05, 3.63) is 88.9 Å². The summed E-state index contributed by atoms with van der Waals surface area (Å²) in [6.07, 6.45) is 0. The number of sulfonamides is 1. The van der Waals surface area contributed by atoms with Gasteiger partial charge in [0.15, 0.2) is 0 Å². The van der Waals surface area contributed by atoms with Gasteiger partial charge in [-0.05, 0) is 79.4 Å². The number of benzene rings is 3. The summed E-state index contributed by atoms with van der Waals surface area (Å²) in [6, 6.07) is 19.0. The van der Waals surface area contributed by atoms with Crippen LogP contribution in [0.5, 0.6) is 5.75 Å². The molecule has 0 aromatic heterocycles. The van der Waals surface area contributed by atoms with Gasteiger partial charge in [0, 0.05) is 18.1 Å². The van der Waals surface area contributed by atoms with Crippen LogP contribution >= 0.6 is 11.6 Å². The molecule has 0 bridgehead atoms. The van der Waals surface area contributed by atoms with E-state index in [9.17, 15) is 18.0 Å². The highest BCUT2D eigenvalue weighted by Crippen LogP contribution is 2.26. The Balaban J connectivity index is 2.00. The molecule has 0 aliphatic carbocycles. The summed E-state index contributed by atoms with van der Waals surface area (Å²) < 4.78 is 34.0. The van der Waals surface area contributed by atoms with Crippen LogP contribution in [0.3, 0.4) is 0 Å². The number of hydrogen-bond acceptors (Lipinski definition) is 5. The Morgan fingerprint density at radius 2 is 1.62 bits per heavy atom. The van der Waals surface area contributed by atoms with Gasteiger partial charge in [0.25, 0.3) is 10.0 Å². The molecule has 10 heteroatoms. The van der Waals surface area contributed by atoms with Crippen molar-refractivity contribution in [3.8, 4) is 5.75 Å². The Hall–Kier alpha value is -3.56. The van der Waals surface area contributed by atoms with Crippen molar-refractivity contribution >= 4 is 39.1 Å². The SMILES string of the molecule is COc1ccc(CN(C(=O)CN(c2cccc(C)c2)S(=O)(=O)c2ccc(Cl)cc2)C(C)C(=O)NCC(C)C)cc1. The molecule has 1 unspecified atom stereocenters. The largest absolute Gasteiger partial charge is 0.497 e. The van der Waals surface area contributed by atoms with E-state index in [-0.39, 0.29) is 23.3 Å². The third kappa shape index (κ3) is 7.99. The number of methoxy groups -OCH3 is 1. The molecular formula is C30H36ClN3O5S. The number of halogens is 1. The van der Waals surface area contributed by atoms with Crippen LogP contribution in [-0.2, 0) is 26.2 Å². The Bertz CT molecular complexity index is 1410. The highest BCUT2D eigenvalue weighted by molar-refractivity contribution is 7.92. The van der Waals surface area contributed by atoms with Crippen LogP contribution in [0.2, 0.25) is 5.02 Å². The molecule has 0 spiro atoms. The number of anilines is 1. The average Bonchev–Trinajstić information content (AvgIpc) is 2.93. The van der Waals surface area contributed by atoms with Gasteiger partial charge in [-0.25, -0.2) is 8.42 Å². The topological polar surface area (TPSA) is 96.0 Å². The summed E-state index contributed by atoms with van der Waals surface area (Å²) in [5.41, 5.74) is 1.93. The van der Waals surface area contributed by atoms with Crippen molar-refractivity contribution < 1.29 is 22.7 Å². The molecule has 0 saturated carbocycles. The van der Waals surface area contributed by atoms with Gasteiger partial charge in [0.2, 0.25) is 11.8 Å². The third-order valence-corrected chi connectivity index (χ3v) is 8.37. The predicted molar refractivity (Wildman–Crippen MR) is 158 cm³/mol. The molecule has 1 N–H and O–H groups in total. The lowest BCUT2D eigenvalue weighted by Gasteiger charge is -2.32. The zero-order valence-electron chi connectivity index (χ0n) is 23.4. The first-order valence-electron chi connectivity index (χ1n) is 13.0. The number of carbonyl (C=O) groups excluding carboxylic acids is 2. The number of amides is 2. The molecular weight excluding hydrogens is 550 g/mol. The molecule has 214 valence electrons. The second kappa shape index (κ2) is 13.7. The standard InChI is InChI=1S/C30H36ClN3O5S/c1-21(2)18-32-30(36)23(4)33(19-24-9-13-27(39-5)14-10-24)29(35)20-34(26-8-6-7-22(3)17-26)40(37,38)28-15-11-25(31)12-16-28/h6-17,21,23H,18-20H2,1-5H3,(H,32,36). The van der Waals surface area contributed by atoms with E-state index in [1.54, 1.807) is 56.5 Å². The maximum atomic E-state index is 13.9. The van der Waals surface area contributed by atoms with E-state index in [0.717, 1.165) is 15.4 Å². The summed E-state index contributed by atoms with van der Waals surface area (Å²) in [6.45, 7) is 7.48. The molecule has 8 nitrogen and oxygen atoms in total. The predicted octanol–water partition coefficient (Wildman–Crippen LogP) is 5.04. The minimum absolute atomic E-state index is 0.00404. The molecule has 0 aliphatic rings. The number of nitrogens with zero attached hydrogens (tertiary/aromatic N) is 2. The minimum Gasteiger partial charge on any atom is -0.497 e. The van der Waals surface area contributed by atoms with Crippen molar-refractivity contribution in [2.24, 2.45) is 5.92 Å². The number of nitrogens with one attached hydrogen (secondary N) is 1. The summed E-state index contributed by atoms with van der Waals surface area (Å²) >= 11 is 6.00. The van der Waals surface area contributed by atoms with Gasteiger partial charge >= 0.3 is 0 Å². The monoisotopic (exact) mass is 585 g/mol. The number of aryl methyl sites for hydroxylation is 1.